The summed E-state index contributed by atoms with van der Waals surface area (Å²) >= 11 is 1.48. The Morgan fingerprint density at radius 2 is 1.62 bits per heavy atom. The van der Waals surface area contributed by atoms with E-state index in [0.29, 0.717) is 30.1 Å². The summed E-state index contributed by atoms with van der Waals surface area (Å²) in [5.41, 5.74) is 2.22. The van der Waals surface area contributed by atoms with Gasteiger partial charge in [0, 0.05) is 35.3 Å². The molecule has 4 aliphatic carbocycles. The Morgan fingerprint density at radius 3 is 2.35 bits per heavy atom. The second-order valence-corrected chi connectivity index (χ2v) is 12.9. The number of amides is 2. The fraction of sp³-hybridized carbons (Fsp3) is 0.484. The molecule has 2 aromatic carbocycles. The maximum atomic E-state index is 13.6. The maximum absolute atomic E-state index is 13.6. The molecule has 3 N–H and O–H groups in total. The second kappa shape index (κ2) is 10.2. The van der Waals surface area contributed by atoms with Gasteiger partial charge in [-0.1, -0.05) is 60.3 Å². The molecule has 0 spiro atoms. The molecule has 6 heteroatoms. The monoisotopic (exact) mass is 515 g/mol. The molecule has 1 aromatic heterocycles. The van der Waals surface area contributed by atoms with E-state index in [1.807, 2.05) is 49.5 Å². The normalized spacial score (nSPS) is 27.6. The van der Waals surface area contributed by atoms with Crippen molar-refractivity contribution in [2.24, 2.45) is 23.7 Å². The summed E-state index contributed by atoms with van der Waals surface area (Å²) in [7, 11) is 0. The molecular formula is C31H37N3O2S. The van der Waals surface area contributed by atoms with Gasteiger partial charge in [-0.05, 0) is 86.3 Å². The van der Waals surface area contributed by atoms with E-state index in [1.165, 1.54) is 49.4 Å². The van der Waals surface area contributed by atoms with Crippen molar-refractivity contribution in [3.63, 3.8) is 0 Å². The fourth-order valence-electron chi connectivity index (χ4n) is 7.45. The summed E-state index contributed by atoms with van der Waals surface area (Å²) in [4.78, 5) is 30.5. The van der Waals surface area contributed by atoms with E-state index < -0.39 is 5.54 Å². The van der Waals surface area contributed by atoms with Gasteiger partial charge in [0.05, 0.1) is 0 Å². The van der Waals surface area contributed by atoms with E-state index in [9.17, 15) is 9.59 Å². The summed E-state index contributed by atoms with van der Waals surface area (Å²) in [5.74, 6) is 2.95. The molecule has 37 heavy (non-hydrogen) atoms. The van der Waals surface area contributed by atoms with Crippen molar-refractivity contribution in [1.82, 2.24) is 15.6 Å². The summed E-state index contributed by atoms with van der Waals surface area (Å²) in [6.45, 7) is 2.41. The maximum Gasteiger partial charge on any atom is 0.280 e. The highest BCUT2D eigenvalue weighted by atomic mass is 32.2. The van der Waals surface area contributed by atoms with Crippen molar-refractivity contribution in [3.05, 3.63) is 71.9 Å². The van der Waals surface area contributed by atoms with Gasteiger partial charge >= 0.3 is 0 Å². The van der Waals surface area contributed by atoms with E-state index in [4.69, 9.17) is 0 Å². The van der Waals surface area contributed by atoms with Crippen LogP contribution in [0.3, 0.4) is 0 Å². The van der Waals surface area contributed by atoms with Crippen molar-refractivity contribution in [2.75, 3.05) is 6.54 Å². The summed E-state index contributed by atoms with van der Waals surface area (Å²) < 4.78 is 0. The first-order valence-corrected chi connectivity index (χ1v) is 14.7. The van der Waals surface area contributed by atoms with Crippen LogP contribution in [-0.2, 0) is 17.6 Å². The van der Waals surface area contributed by atoms with Crippen LogP contribution in [0.1, 0.15) is 50.2 Å². The van der Waals surface area contributed by atoms with Crippen LogP contribution in [-0.4, -0.2) is 33.5 Å². The number of rotatable bonds is 8. The third-order valence-corrected chi connectivity index (χ3v) is 10.4. The minimum absolute atomic E-state index is 0.0574. The van der Waals surface area contributed by atoms with Crippen LogP contribution in [0.15, 0.2) is 60.8 Å². The molecule has 194 valence electrons. The van der Waals surface area contributed by atoms with Gasteiger partial charge < -0.3 is 15.6 Å². The highest BCUT2D eigenvalue weighted by Crippen LogP contribution is 2.57. The summed E-state index contributed by atoms with van der Waals surface area (Å²) in [6, 6.07) is 18.3. The van der Waals surface area contributed by atoms with Crippen LogP contribution >= 0.6 is 11.8 Å². The number of para-hydroxylation sites is 1. The molecule has 0 aliphatic heterocycles. The van der Waals surface area contributed by atoms with Crippen LogP contribution in [0.4, 0.5) is 4.79 Å². The standard InChI is InChI=1S/C31H37N3O2S/c1-31(18-25-19-33-27-10-6-5-9-26(25)27,29(35)32-12-11-20-7-3-2-4-8-20)34-30(36)37-28-23-14-21-13-22(16-23)17-24(28)15-21/h2-10,19,21-24,28,33H,11-18H2,1H3,(H,32,35)(H,34,36)/t21?,22?,23?,24?,28?,31-/m1/s1. The third-order valence-electron chi connectivity index (χ3n) is 9.02. The Bertz CT molecular complexity index is 1240. The molecule has 4 saturated carbocycles. The average Bonchev–Trinajstić information content (AvgIpc) is 3.29. The lowest BCUT2D eigenvalue weighted by Gasteiger charge is -2.53. The molecular weight excluding hydrogens is 478 g/mol. The number of carbonyl (C=O) groups is 2. The van der Waals surface area contributed by atoms with Crippen LogP contribution in [0.2, 0.25) is 0 Å². The summed E-state index contributed by atoms with van der Waals surface area (Å²) in [6.07, 6.45) is 9.69. The number of fused-ring (bicyclic) bond motifs is 1. The lowest BCUT2D eigenvalue weighted by Crippen LogP contribution is -2.58. The Hall–Kier alpha value is -2.73. The lowest BCUT2D eigenvalue weighted by atomic mass is 9.56. The Labute approximate surface area is 223 Å². The second-order valence-electron chi connectivity index (χ2n) is 11.8. The predicted molar refractivity (Wildman–Crippen MR) is 151 cm³/mol. The van der Waals surface area contributed by atoms with Gasteiger partial charge in [0.15, 0.2) is 0 Å². The van der Waals surface area contributed by atoms with Gasteiger partial charge in [0.2, 0.25) is 5.91 Å². The molecule has 0 unspecified atom stereocenters. The van der Waals surface area contributed by atoms with E-state index in [1.54, 1.807) is 0 Å². The van der Waals surface area contributed by atoms with Gasteiger partial charge in [0.25, 0.3) is 5.24 Å². The topological polar surface area (TPSA) is 74.0 Å². The molecule has 7 rings (SSSR count). The van der Waals surface area contributed by atoms with Gasteiger partial charge in [-0.2, -0.15) is 0 Å². The van der Waals surface area contributed by atoms with Gasteiger partial charge in [0.1, 0.15) is 5.54 Å². The zero-order chi connectivity index (χ0) is 25.4. The largest absolute Gasteiger partial charge is 0.361 e. The molecule has 1 heterocycles. The number of H-pyrrole nitrogens is 1. The van der Waals surface area contributed by atoms with Crippen molar-refractivity contribution in [3.8, 4) is 0 Å². The number of hydrogen-bond donors (Lipinski definition) is 3. The minimum atomic E-state index is -1.04. The molecule has 5 nitrogen and oxygen atoms in total. The Morgan fingerprint density at radius 1 is 0.946 bits per heavy atom. The minimum Gasteiger partial charge on any atom is -0.361 e. The fourth-order valence-corrected chi connectivity index (χ4v) is 8.81. The average molecular weight is 516 g/mol. The molecule has 3 aromatic rings. The lowest BCUT2D eigenvalue weighted by molar-refractivity contribution is -0.126. The van der Waals surface area contributed by atoms with Crippen molar-refractivity contribution in [2.45, 2.75) is 62.7 Å². The number of aromatic amines is 1. The molecule has 4 aliphatic rings. The predicted octanol–water partition coefficient (Wildman–Crippen LogP) is 6.10. The molecule has 2 amide bonds. The first-order chi connectivity index (χ1) is 18.0. The number of hydrogen-bond acceptors (Lipinski definition) is 3. The highest BCUT2D eigenvalue weighted by molar-refractivity contribution is 8.14. The van der Waals surface area contributed by atoms with Crippen LogP contribution in [0.5, 0.6) is 0 Å². The molecule has 0 saturated heterocycles. The number of aromatic nitrogens is 1. The van der Waals surface area contributed by atoms with Crippen molar-refractivity contribution < 1.29 is 9.59 Å². The Balaban J connectivity index is 1.17. The van der Waals surface area contributed by atoms with E-state index in [2.05, 4.69) is 33.8 Å². The quantitative estimate of drug-likeness (QED) is 0.340. The smallest absolute Gasteiger partial charge is 0.280 e. The zero-order valence-electron chi connectivity index (χ0n) is 21.5. The molecule has 0 radical (unpaired) electrons. The number of nitrogens with one attached hydrogen (secondary N) is 3. The molecule has 4 fully saturated rings. The van der Waals surface area contributed by atoms with E-state index in [-0.39, 0.29) is 11.1 Å². The number of carbonyl (C=O) groups excluding carboxylic acids is 2. The van der Waals surface area contributed by atoms with Gasteiger partial charge in [-0.15, -0.1) is 0 Å². The SMILES string of the molecule is C[C@](Cc1c[nH]c2ccccc12)(NC(=O)SC1C2CC3CC(C2)CC1C3)C(=O)NCCc1ccccc1. The van der Waals surface area contributed by atoms with E-state index >= 15 is 0 Å². The van der Waals surface area contributed by atoms with Crippen molar-refractivity contribution >= 4 is 33.8 Å². The van der Waals surface area contributed by atoms with Crippen LogP contribution in [0.25, 0.3) is 10.9 Å². The van der Waals surface area contributed by atoms with Gasteiger partial charge in [-0.3, -0.25) is 9.59 Å². The molecule has 1 atom stereocenters. The summed E-state index contributed by atoms with van der Waals surface area (Å²) in [5, 5.41) is 7.75. The molecule has 4 bridgehead atoms. The number of benzene rings is 2. The highest BCUT2D eigenvalue weighted by Gasteiger charge is 2.49. The van der Waals surface area contributed by atoms with E-state index in [0.717, 1.165) is 34.7 Å². The zero-order valence-corrected chi connectivity index (χ0v) is 22.4. The Kier molecular flexibility index (Phi) is 6.78. The van der Waals surface area contributed by atoms with Gasteiger partial charge in [-0.25, -0.2) is 0 Å². The third kappa shape index (κ3) is 5.18. The van der Waals surface area contributed by atoms with Crippen LogP contribution in [0, 0.1) is 23.7 Å². The first-order valence-electron chi connectivity index (χ1n) is 13.8. The van der Waals surface area contributed by atoms with Crippen molar-refractivity contribution in [1.29, 1.82) is 0 Å². The van der Waals surface area contributed by atoms with Crippen LogP contribution < -0.4 is 10.6 Å². The first kappa shape index (κ1) is 24.6. The number of thioether (sulfide) groups is 1.